The molecular weight excluding hydrogens is 466 g/mol. The minimum atomic E-state index is -0.537. The highest BCUT2D eigenvalue weighted by Gasteiger charge is 2.31. The molecule has 4 rings (SSSR count). The number of ether oxygens (including phenoxy) is 1. The van der Waals surface area contributed by atoms with Gasteiger partial charge in [0.25, 0.3) is 0 Å². The standard InChI is InChI=1S/C29H43N5O3/c1-20(18-26(23-10-8-7-9-11-23)31-28(36)37-29(4,5)6)32-15-12-24(13-16-32)34-21(2)30-25-14-17-33(22(3)35)19-27(25)34/h7-11,20,24,26H,12-19H2,1-6H3,(H,31,36)/t20?,26-/m0/s1. The van der Waals surface area contributed by atoms with Crippen LogP contribution in [0.5, 0.6) is 0 Å². The molecule has 202 valence electrons. The number of fused-ring (bicyclic) bond motifs is 1. The summed E-state index contributed by atoms with van der Waals surface area (Å²) in [6.45, 7) is 15.0. The predicted molar refractivity (Wildman–Crippen MR) is 144 cm³/mol. The Morgan fingerprint density at radius 1 is 1.14 bits per heavy atom. The van der Waals surface area contributed by atoms with Crippen molar-refractivity contribution in [2.75, 3.05) is 19.6 Å². The van der Waals surface area contributed by atoms with Gasteiger partial charge in [-0.3, -0.25) is 4.79 Å². The number of carbonyl (C=O) groups is 2. The van der Waals surface area contributed by atoms with Crippen LogP contribution in [0.25, 0.3) is 0 Å². The summed E-state index contributed by atoms with van der Waals surface area (Å²) in [5.41, 5.74) is 2.93. The molecule has 1 unspecified atom stereocenters. The average Bonchev–Trinajstić information content (AvgIpc) is 3.17. The van der Waals surface area contributed by atoms with Gasteiger partial charge in [-0.2, -0.15) is 0 Å². The number of likely N-dealkylation sites (tertiary alicyclic amines) is 1. The molecule has 2 aliphatic heterocycles. The molecule has 0 bridgehead atoms. The first-order chi connectivity index (χ1) is 17.5. The van der Waals surface area contributed by atoms with Crippen molar-refractivity contribution in [1.82, 2.24) is 24.7 Å². The Kier molecular flexibility index (Phi) is 8.26. The summed E-state index contributed by atoms with van der Waals surface area (Å²) in [6.07, 6.45) is 3.35. The van der Waals surface area contributed by atoms with Gasteiger partial charge in [-0.1, -0.05) is 30.3 Å². The molecule has 2 amide bonds. The number of hydrogen-bond donors (Lipinski definition) is 1. The number of nitrogens with zero attached hydrogens (tertiary/aromatic N) is 4. The molecule has 8 nitrogen and oxygen atoms in total. The first-order valence-corrected chi connectivity index (χ1v) is 13.6. The van der Waals surface area contributed by atoms with E-state index in [1.165, 1.54) is 5.69 Å². The van der Waals surface area contributed by atoms with Crippen LogP contribution in [0, 0.1) is 6.92 Å². The normalized spacial score (nSPS) is 18.7. The van der Waals surface area contributed by atoms with Crippen LogP contribution in [0.1, 0.15) is 88.7 Å². The second-order valence-corrected chi connectivity index (χ2v) is 11.6. The zero-order chi connectivity index (χ0) is 26.7. The van der Waals surface area contributed by atoms with Crippen LogP contribution in [-0.2, 0) is 22.5 Å². The van der Waals surface area contributed by atoms with Crippen LogP contribution < -0.4 is 5.32 Å². The number of imidazole rings is 1. The monoisotopic (exact) mass is 509 g/mol. The average molecular weight is 510 g/mol. The van der Waals surface area contributed by atoms with Crippen LogP contribution in [0.2, 0.25) is 0 Å². The van der Waals surface area contributed by atoms with E-state index in [4.69, 9.17) is 9.72 Å². The van der Waals surface area contributed by atoms with E-state index in [1.807, 2.05) is 43.9 Å². The number of nitrogens with one attached hydrogen (secondary N) is 1. The van der Waals surface area contributed by atoms with Crippen LogP contribution >= 0.6 is 0 Å². The number of amides is 2. The number of hydrogen-bond acceptors (Lipinski definition) is 5. The van der Waals surface area contributed by atoms with Gasteiger partial charge in [0.2, 0.25) is 5.91 Å². The molecule has 0 saturated carbocycles. The maximum atomic E-state index is 12.6. The fourth-order valence-electron chi connectivity index (χ4n) is 5.76. The SMILES string of the molecule is CC(=O)N1CCc2nc(C)n(C3CCN(C(C)C[C@H](NC(=O)OC(C)(C)C)c4ccccc4)CC3)c2C1. The number of aryl methyl sites for hydroxylation is 1. The summed E-state index contributed by atoms with van der Waals surface area (Å²) in [6, 6.07) is 10.7. The molecule has 2 aromatic rings. The largest absolute Gasteiger partial charge is 0.444 e. The van der Waals surface area contributed by atoms with Crippen molar-refractivity contribution in [3.05, 3.63) is 53.1 Å². The summed E-state index contributed by atoms with van der Waals surface area (Å²) >= 11 is 0. The Hall–Kier alpha value is -2.87. The lowest BCUT2D eigenvalue weighted by Crippen LogP contribution is -2.44. The lowest BCUT2D eigenvalue weighted by Gasteiger charge is -2.39. The second kappa shape index (κ2) is 11.3. The first-order valence-electron chi connectivity index (χ1n) is 13.6. The molecular formula is C29H43N5O3. The molecule has 3 heterocycles. The number of piperidine rings is 1. The van der Waals surface area contributed by atoms with Crippen LogP contribution in [-0.4, -0.2) is 62.6 Å². The Bertz CT molecular complexity index is 1080. The van der Waals surface area contributed by atoms with E-state index in [-0.39, 0.29) is 18.0 Å². The highest BCUT2D eigenvalue weighted by molar-refractivity contribution is 5.73. The lowest BCUT2D eigenvalue weighted by atomic mass is 9.96. The molecule has 8 heteroatoms. The van der Waals surface area contributed by atoms with Gasteiger partial charge in [-0.25, -0.2) is 9.78 Å². The van der Waals surface area contributed by atoms with Gasteiger partial charge in [0, 0.05) is 45.1 Å². The third kappa shape index (κ3) is 6.72. The van der Waals surface area contributed by atoms with Gasteiger partial charge in [-0.15, -0.1) is 0 Å². The smallest absolute Gasteiger partial charge is 0.408 e. The zero-order valence-electron chi connectivity index (χ0n) is 23.3. The highest BCUT2D eigenvalue weighted by Crippen LogP contribution is 2.32. The Balaban J connectivity index is 1.40. The molecule has 0 radical (unpaired) electrons. The molecule has 1 aromatic heterocycles. The molecule has 37 heavy (non-hydrogen) atoms. The number of aromatic nitrogens is 2. The maximum absolute atomic E-state index is 12.6. The summed E-state index contributed by atoms with van der Waals surface area (Å²) in [5.74, 6) is 1.19. The minimum absolute atomic E-state index is 0.121. The third-order valence-electron chi connectivity index (χ3n) is 7.63. The van der Waals surface area contributed by atoms with Crippen molar-refractivity contribution in [3.63, 3.8) is 0 Å². The second-order valence-electron chi connectivity index (χ2n) is 11.6. The van der Waals surface area contributed by atoms with E-state index < -0.39 is 5.60 Å². The molecule has 1 N–H and O–H groups in total. The summed E-state index contributed by atoms with van der Waals surface area (Å²) in [5, 5.41) is 3.11. The number of alkyl carbamates (subject to hydrolysis) is 1. The quantitative estimate of drug-likeness (QED) is 0.606. The van der Waals surface area contributed by atoms with Crippen molar-refractivity contribution >= 4 is 12.0 Å². The molecule has 0 spiro atoms. The number of rotatable bonds is 6. The third-order valence-corrected chi connectivity index (χ3v) is 7.63. The van der Waals surface area contributed by atoms with E-state index in [0.717, 1.165) is 62.4 Å². The van der Waals surface area contributed by atoms with Crippen molar-refractivity contribution in [3.8, 4) is 0 Å². The number of benzene rings is 1. The molecule has 1 aromatic carbocycles. The van der Waals surface area contributed by atoms with Gasteiger partial charge in [0.15, 0.2) is 0 Å². The van der Waals surface area contributed by atoms with Gasteiger partial charge in [-0.05, 0) is 59.4 Å². The Morgan fingerprint density at radius 3 is 2.43 bits per heavy atom. The Morgan fingerprint density at radius 2 is 1.81 bits per heavy atom. The van der Waals surface area contributed by atoms with Gasteiger partial charge in [0.05, 0.1) is 24.0 Å². The van der Waals surface area contributed by atoms with E-state index in [0.29, 0.717) is 18.6 Å². The van der Waals surface area contributed by atoms with E-state index >= 15 is 0 Å². The van der Waals surface area contributed by atoms with E-state index in [1.54, 1.807) is 6.92 Å². The first kappa shape index (κ1) is 27.2. The molecule has 2 aliphatic rings. The fraction of sp³-hybridized carbons (Fsp3) is 0.621. The van der Waals surface area contributed by atoms with Crippen molar-refractivity contribution < 1.29 is 14.3 Å². The van der Waals surface area contributed by atoms with Crippen molar-refractivity contribution in [2.45, 2.75) is 97.5 Å². The summed E-state index contributed by atoms with van der Waals surface area (Å²) in [4.78, 5) is 33.9. The predicted octanol–water partition coefficient (Wildman–Crippen LogP) is 4.78. The molecule has 2 atom stereocenters. The zero-order valence-corrected chi connectivity index (χ0v) is 23.3. The van der Waals surface area contributed by atoms with Crippen LogP contribution in [0.15, 0.2) is 30.3 Å². The molecule has 0 aliphatic carbocycles. The molecule has 1 saturated heterocycles. The van der Waals surface area contributed by atoms with E-state index in [9.17, 15) is 9.59 Å². The van der Waals surface area contributed by atoms with Gasteiger partial charge in [0.1, 0.15) is 11.4 Å². The lowest BCUT2D eigenvalue weighted by molar-refractivity contribution is -0.129. The summed E-state index contributed by atoms with van der Waals surface area (Å²) < 4.78 is 7.96. The highest BCUT2D eigenvalue weighted by atomic mass is 16.6. The van der Waals surface area contributed by atoms with Gasteiger partial charge < -0.3 is 24.4 Å². The topological polar surface area (TPSA) is 79.7 Å². The maximum Gasteiger partial charge on any atom is 0.408 e. The fourth-order valence-corrected chi connectivity index (χ4v) is 5.76. The van der Waals surface area contributed by atoms with Crippen LogP contribution in [0.3, 0.4) is 0 Å². The van der Waals surface area contributed by atoms with Crippen LogP contribution in [0.4, 0.5) is 4.79 Å². The number of carbonyl (C=O) groups excluding carboxylic acids is 2. The van der Waals surface area contributed by atoms with E-state index in [2.05, 4.69) is 40.8 Å². The summed E-state index contributed by atoms with van der Waals surface area (Å²) in [7, 11) is 0. The van der Waals surface area contributed by atoms with Crippen molar-refractivity contribution in [1.29, 1.82) is 0 Å². The molecule has 1 fully saturated rings. The van der Waals surface area contributed by atoms with Gasteiger partial charge >= 0.3 is 6.09 Å². The minimum Gasteiger partial charge on any atom is -0.444 e. The Labute approximate surface area is 221 Å². The van der Waals surface area contributed by atoms with Crippen molar-refractivity contribution in [2.24, 2.45) is 0 Å².